The zero-order valence-electron chi connectivity index (χ0n) is 9.98. The Morgan fingerprint density at radius 1 is 1.47 bits per heavy atom. The molecule has 0 aliphatic heterocycles. The summed E-state index contributed by atoms with van der Waals surface area (Å²) in [6, 6.07) is 9.34. The number of rotatable bonds is 4. The average molecular weight is 295 g/mol. The Morgan fingerprint density at radius 2 is 2.06 bits per heavy atom. The average Bonchev–Trinajstić information content (AvgIpc) is 2.37. The Kier molecular flexibility index (Phi) is 5.17. The van der Waals surface area contributed by atoms with E-state index >= 15 is 0 Å². The van der Waals surface area contributed by atoms with Crippen molar-refractivity contribution in [2.45, 2.75) is 24.7 Å². The van der Waals surface area contributed by atoms with E-state index in [1.54, 1.807) is 24.1 Å². The fourth-order valence-electron chi connectivity index (χ4n) is 1.45. The minimum atomic E-state index is -0.120. The predicted molar refractivity (Wildman–Crippen MR) is 70.6 cm³/mol. The smallest absolute Gasteiger partial charge is 0.236 e. The van der Waals surface area contributed by atoms with Gasteiger partial charge in [0.2, 0.25) is 5.91 Å². The van der Waals surface area contributed by atoms with Gasteiger partial charge in [0, 0.05) is 13.6 Å². The van der Waals surface area contributed by atoms with Crippen LogP contribution in [-0.2, 0) is 11.3 Å². The molecule has 0 aliphatic carbocycles. The van der Waals surface area contributed by atoms with Crippen molar-refractivity contribution >= 4 is 21.8 Å². The van der Waals surface area contributed by atoms with E-state index in [1.807, 2.05) is 19.1 Å². The van der Waals surface area contributed by atoms with E-state index in [0.29, 0.717) is 12.1 Å². The first-order chi connectivity index (χ1) is 8.08. The van der Waals surface area contributed by atoms with Crippen LogP contribution in [0, 0.1) is 11.3 Å². The number of hydrogen-bond donors (Lipinski definition) is 0. The molecule has 1 atom stereocenters. The maximum atomic E-state index is 11.8. The van der Waals surface area contributed by atoms with E-state index in [4.69, 9.17) is 5.26 Å². The quantitative estimate of drug-likeness (QED) is 0.802. The van der Waals surface area contributed by atoms with Crippen molar-refractivity contribution in [2.75, 3.05) is 7.05 Å². The summed E-state index contributed by atoms with van der Waals surface area (Å²) in [7, 11) is 1.78. The third-order valence-electron chi connectivity index (χ3n) is 2.51. The van der Waals surface area contributed by atoms with Crippen LogP contribution in [-0.4, -0.2) is 22.7 Å². The molecule has 0 heterocycles. The van der Waals surface area contributed by atoms with E-state index in [2.05, 4.69) is 22.0 Å². The fraction of sp³-hybridized carbons (Fsp3) is 0.385. The van der Waals surface area contributed by atoms with Crippen LogP contribution in [0.1, 0.15) is 24.5 Å². The van der Waals surface area contributed by atoms with E-state index in [1.165, 1.54) is 0 Å². The third kappa shape index (κ3) is 3.86. The summed E-state index contributed by atoms with van der Waals surface area (Å²) < 4.78 is 0. The lowest BCUT2D eigenvalue weighted by Crippen LogP contribution is -2.32. The molecule has 0 saturated heterocycles. The molecule has 0 N–H and O–H groups in total. The molecule has 1 aromatic carbocycles. The van der Waals surface area contributed by atoms with Crippen molar-refractivity contribution < 1.29 is 4.79 Å². The van der Waals surface area contributed by atoms with Crippen molar-refractivity contribution in [1.82, 2.24) is 4.90 Å². The predicted octanol–water partition coefficient (Wildman–Crippen LogP) is 2.69. The number of carbonyl (C=O) groups is 1. The van der Waals surface area contributed by atoms with Gasteiger partial charge in [-0.05, 0) is 24.1 Å². The SMILES string of the molecule is CCC(Br)C(=O)N(C)Cc1ccc(C#N)cc1. The van der Waals surface area contributed by atoms with Crippen molar-refractivity contribution in [3.05, 3.63) is 35.4 Å². The van der Waals surface area contributed by atoms with Crippen LogP contribution in [0.4, 0.5) is 0 Å². The van der Waals surface area contributed by atoms with E-state index in [9.17, 15) is 4.79 Å². The second-order valence-corrected chi connectivity index (χ2v) is 4.98. The summed E-state index contributed by atoms with van der Waals surface area (Å²) in [5.41, 5.74) is 1.66. The van der Waals surface area contributed by atoms with E-state index in [-0.39, 0.29) is 10.7 Å². The molecule has 1 aromatic rings. The van der Waals surface area contributed by atoms with Crippen LogP contribution in [0.25, 0.3) is 0 Å². The summed E-state index contributed by atoms with van der Waals surface area (Å²) >= 11 is 3.34. The molecule has 1 unspecified atom stereocenters. The Bertz CT molecular complexity index is 422. The number of alkyl halides is 1. The molecule has 0 saturated carbocycles. The number of halogens is 1. The van der Waals surface area contributed by atoms with Crippen LogP contribution >= 0.6 is 15.9 Å². The monoisotopic (exact) mass is 294 g/mol. The maximum Gasteiger partial charge on any atom is 0.236 e. The summed E-state index contributed by atoms with van der Waals surface area (Å²) in [5.74, 6) is 0.0804. The molecule has 3 nitrogen and oxygen atoms in total. The Morgan fingerprint density at radius 3 is 2.53 bits per heavy atom. The normalized spacial score (nSPS) is 11.6. The zero-order valence-corrected chi connectivity index (χ0v) is 11.6. The molecule has 90 valence electrons. The maximum absolute atomic E-state index is 11.8. The van der Waals surface area contributed by atoms with Gasteiger partial charge in [0.05, 0.1) is 16.5 Å². The molecule has 1 rings (SSSR count). The molecule has 0 bridgehead atoms. The van der Waals surface area contributed by atoms with Crippen molar-refractivity contribution in [3.63, 3.8) is 0 Å². The summed E-state index contributed by atoms with van der Waals surface area (Å²) in [6.07, 6.45) is 0.774. The first kappa shape index (κ1) is 13.7. The first-order valence-electron chi connectivity index (χ1n) is 5.46. The minimum absolute atomic E-state index is 0.0804. The first-order valence-corrected chi connectivity index (χ1v) is 6.38. The molecule has 4 heteroatoms. The third-order valence-corrected chi connectivity index (χ3v) is 3.54. The summed E-state index contributed by atoms with van der Waals surface area (Å²) in [4.78, 5) is 13.4. The number of hydrogen-bond acceptors (Lipinski definition) is 2. The lowest BCUT2D eigenvalue weighted by Gasteiger charge is -2.19. The van der Waals surface area contributed by atoms with Gasteiger partial charge < -0.3 is 4.90 Å². The molecular formula is C13H15BrN2O. The van der Waals surface area contributed by atoms with Gasteiger partial charge in [0.25, 0.3) is 0 Å². The molecular weight excluding hydrogens is 280 g/mol. The Hall–Kier alpha value is -1.34. The van der Waals surface area contributed by atoms with Crippen LogP contribution in [0.5, 0.6) is 0 Å². The fourth-order valence-corrected chi connectivity index (χ4v) is 1.80. The van der Waals surface area contributed by atoms with Crippen molar-refractivity contribution in [3.8, 4) is 6.07 Å². The number of benzene rings is 1. The lowest BCUT2D eigenvalue weighted by atomic mass is 10.1. The second-order valence-electron chi connectivity index (χ2n) is 3.88. The van der Waals surface area contributed by atoms with Crippen LogP contribution in [0.15, 0.2) is 24.3 Å². The van der Waals surface area contributed by atoms with Gasteiger partial charge >= 0.3 is 0 Å². The van der Waals surface area contributed by atoms with Gasteiger partial charge in [0.15, 0.2) is 0 Å². The molecule has 1 amide bonds. The molecule has 0 radical (unpaired) electrons. The van der Waals surface area contributed by atoms with Gasteiger partial charge in [-0.1, -0.05) is 35.0 Å². The Balaban J connectivity index is 2.65. The van der Waals surface area contributed by atoms with Crippen molar-refractivity contribution in [2.24, 2.45) is 0 Å². The number of nitrogens with zero attached hydrogens (tertiary/aromatic N) is 2. The Labute approximate surface area is 110 Å². The van der Waals surface area contributed by atoms with Gasteiger partial charge in [-0.25, -0.2) is 0 Å². The molecule has 17 heavy (non-hydrogen) atoms. The standard InChI is InChI=1S/C13H15BrN2O/c1-3-12(14)13(17)16(2)9-11-6-4-10(8-15)5-7-11/h4-7,12H,3,9H2,1-2H3. The molecule has 0 fully saturated rings. The molecule has 0 spiro atoms. The van der Waals surface area contributed by atoms with Gasteiger partial charge in [-0.15, -0.1) is 0 Å². The highest BCUT2D eigenvalue weighted by Crippen LogP contribution is 2.11. The van der Waals surface area contributed by atoms with Crippen molar-refractivity contribution in [1.29, 1.82) is 5.26 Å². The topological polar surface area (TPSA) is 44.1 Å². The summed E-state index contributed by atoms with van der Waals surface area (Å²) in [6.45, 7) is 2.53. The highest BCUT2D eigenvalue weighted by Gasteiger charge is 2.16. The number of carbonyl (C=O) groups excluding carboxylic acids is 1. The zero-order chi connectivity index (χ0) is 12.8. The second kappa shape index (κ2) is 6.41. The number of nitriles is 1. The largest absolute Gasteiger partial charge is 0.340 e. The van der Waals surface area contributed by atoms with E-state index in [0.717, 1.165) is 12.0 Å². The van der Waals surface area contributed by atoms with Gasteiger partial charge in [-0.2, -0.15) is 5.26 Å². The van der Waals surface area contributed by atoms with E-state index < -0.39 is 0 Å². The van der Waals surface area contributed by atoms with Crippen LogP contribution in [0.3, 0.4) is 0 Å². The lowest BCUT2D eigenvalue weighted by molar-refractivity contribution is -0.129. The highest BCUT2D eigenvalue weighted by atomic mass is 79.9. The molecule has 0 aliphatic rings. The molecule has 0 aromatic heterocycles. The number of amides is 1. The van der Waals surface area contributed by atoms with Crippen LogP contribution < -0.4 is 0 Å². The van der Waals surface area contributed by atoms with Gasteiger partial charge in [0.1, 0.15) is 0 Å². The minimum Gasteiger partial charge on any atom is -0.340 e. The summed E-state index contributed by atoms with van der Waals surface area (Å²) in [5, 5.41) is 8.68. The highest BCUT2D eigenvalue weighted by molar-refractivity contribution is 9.10. The van der Waals surface area contributed by atoms with Crippen LogP contribution in [0.2, 0.25) is 0 Å². The van der Waals surface area contributed by atoms with Gasteiger partial charge in [-0.3, -0.25) is 4.79 Å².